The standard InChI is InChI=1S/C17H28N4O2S.HI/c1-17(2,20-24(4,22)23)13-19-16(18-3)21-11-10-15(12-21)14-8-6-5-7-9-14;/h5-9,15,20H,10-13H2,1-4H3,(H,18,19);1H. The normalized spacial score (nSPS) is 18.8. The molecule has 2 N–H and O–H groups in total. The number of rotatable bonds is 5. The summed E-state index contributed by atoms with van der Waals surface area (Å²) in [7, 11) is -1.48. The molecule has 1 atom stereocenters. The molecular weight excluding hydrogens is 451 g/mol. The predicted octanol–water partition coefficient (Wildman–Crippen LogP) is 2.00. The van der Waals surface area contributed by atoms with Crippen molar-refractivity contribution in [2.24, 2.45) is 4.99 Å². The molecule has 8 heteroatoms. The lowest BCUT2D eigenvalue weighted by atomic mass is 9.99. The Bertz CT molecular complexity index is 677. The maximum absolute atomic E-state index is 11.4. The van der Waals surface area contributed by atoms with E-state index in [1.807, 2.05) is 19.9 Å². The van der Waals surface area contributed by atoms with E-state index in [1.165, 1.54) is 11.8 Å². The number of hydrogen-bond acceptors (Lipinski definition) is 3. The van der Waals surface area contributed by atoms with Crippen molar-refractivity contribution in [2.75, 3.05) is 32.9 Å². The Morgan fingerprint density at radius 2 is 1.96 bits per heavy atom. The summed E-state index contributed by atoms with van der Waals surface area (Å²) in [6.07, 6.45) is 2.27. The van der Waals surface area contributed by atoms with Crippen LogP contribution >= 0.6 is 24.0 Å². The van der Waals surface area contributed by atoms with E-state index in [1.54, 1.807) is 7.05 Å². The van der Waals surface area contributed by atoms with Gasteiger partial charge in [-0.2, -0.15) is 0 Å². The zero-order valence-electron chi connectivity index (χ0n) is 15.3. The first-order valence-electron chi connectivity index (χ1n) is 8.20. The van der Waals surface area contributed by atoms with Crippen LogP contribution in [-0.4, -0.2) is 57.8 Å². The van der Waals surface area contributed by atoms with Crippen LogP contribution in [0.15, 0.2) is 35.3 Å². The van der Waals surface area contributed by atoms with Crippen LogP contribution in [0.4, 0.5) is 0 Å². The minimum atomic E-state index is -3.24. The molecule has 1 saturated heterocycles. The van der Waals surface area contributed by atoms with Crippen molar-refractivity contribution >= 4 is 40.0 Å². The number of benzene rings is 1. The second kappa shape index (κ2) is 9.18. The molecule has 25 heavy (non-hydrogen) atoms. The smallest absolute Gasteiger partial charge is 0.209 e. The van der Waals surface area contributed by atoms with Crippen molar-refractivity contribution in [3.8, 4) is 0 Å². The Balaban J connectivity index is 0.00000312. The Morgan fingerprint density at radius 1 is 1.32 bits per heavy atom. The minimum absolute atomic E-state index is 0. The predicted molar refractivity (Wildman–Crippen MR) is 114 cm³/mol. The molecule has 6 nitrogen and oxygen atoms in total. The third kappa shape index (κ3) is 7.10. The summed E-state index contributed by atoms with van der Waals surface area (Å²) in [4.78, 5) is 6.58. The zero-order chi connectivity index (χ0) is 17.8. The first-order valence-corrected chi connectivity index (χ1v) is 10.1. The lowest BCUT2D eigenvalue weighted by Gasteiger charge is -2.29. The van der Waals surface area contributed by atoms with Gasteiger partial charge in [0, 0.05) is 38.1 Å². The van der Waals surface area contributed by atoms with Crippen molar-refractivity contribution in [1.82, 2.24) is 14.9 Å². The summed E-state index contributed by atoms with van der Waals surface area (Å²) in [5, 5.41) is 3.30. The molecule has 1 aromatic rings. The van der Waals surface area contributed by atoms with Crippen LogP contribution < -0.4 is 10.0 Å². The van der Waals surface area contributed by atoms with Crippen molar-refractivity contribution in [3.05, 3.63) is 35.9 Å². The number of nitrogens with zero attached hydrogens (tertiary/aromatic N) is 2. The number of nitrogens with one attached hydrogen (secondary N) is 2. The van der Waals surface area contributed by atoms with Crippen molar-refractivity contribution in [2.45, 2.75) is 31.7 Å². The van der Waals surface area contributed by atoms with Gasteiger partial charge in [-0.1, -0.05) is 30.3 Å². The molecule has 142 valence electrons. The number of hydrogen-bond donors (Lipinski definition) is 2. The quantitative estimate of drug-likeness (QED) is 0.384. The maximum Gasteiger partial charge on any atom is 0.209 e. The molecule has 1 heterocycles. The van der Waals surface area contributed by atoms with Crippen LogP contribution in [-0.2, 0) is 10.0 Å². The Morgan fingerprint density at radius 3 is 2.52 bits per heavy atom. The number of likely N-dealkylation sites (tertiary alicyclic amines) is 1. The van der Waals surface area contributed by atoms with Crippen molar-refractivity contribution < 1.29 is 8.42 Å². The van der Waals surface area contributed by atoms with E-state index in [-0.39, 0.29) is 24.0 Å². The molecule has 0 spiro atoms. The Labute approximate surface area is 168 Å². The van der Waals surface area contributed by atoms with Gasteiger partial charge >= 0.3 is 0 Å². The number of sulfonamides is 1. The molecular formula is C17H29IN4O2S. The molecule has 1 aliphatic heterocycles. The van der Waals surface area contributed by atoms with Gasteiger partial charge in [-0.25, -0.2) is 13.1 Å². The van der Waals surface area contributed by atoms with E-state index in [9.17, 15) is 8.42 Å². The number of aliphatic imine (C=N–C) groups is 1. The van der Waals surface area contributed by atoms with Gasteiger partial charge in [-0.3, -0.25) is 4.99 Å². The van der Waals surface area contributed by atoms with Crippen LogP contribution in [0.1, 0.15) is 31.7 Å². The lowest BCUT2D eigenvalue weighted by molar-refractivity contribution is 0.425. The van der Waals surface area contributed by atoms with E-state index < -0.39 is 15.6 Å². The molecule has 0 bridgehead atoms. The van der Waals surface area contributed by atoms with Gasteiger partial charge in [0.2, 0.25) is 10.0 Å². The highest BCUT2D eigenvalue weighted by atomic mass is 127. The molecule has 0 radical (unpaired) electrons. The van der Waals surface area contributed by atoms with Crippen LogP contribution in [0, 0.1) is 0 Å². The number of guanidine groups is 1. The van der Waals surface area contributed by atoms with Gasteiger partial charge in [0.25, 0.3) is 0 Å². The molecule has 1 aliphatic rings. The average Bonchev–Trinajstić information content (AvgIpc) is 2.96. The minimum Gasteiger partial charge on any atom is -0.354 e. The topological polar surface area (TPSA) is 73.8 Å². The maximum atomic E-state index is 11.4. The second-order valence-corrected chi connectivity index (χ2v) is 8.75. The van der Waals surface area contributed by atoms with Gasteiger partial charge < -0.3 is 10.2 Å². The van der Waals surface area contributed by atoms with Gasteiger partial charge in [0.1, 0.15) is 0 Å². The van der Waals surface area contributed by atoms with Gasteiger partial charge in [0.15, 0.2) is 5.96 Å². The molecule has 1 aromatic carbocycles. The summed E-state index contributed by atoms with van der Waals surface area (Å²) in [5.41, 5.74) is 0.775. The molecule has 1 unspecified atom stereocenters. The van der Waals surface area contributed by atoms with E-state index in [0.717, 1.165) is 25.5 Å². The monoisotopic (exact) mass is 480 g/mol. The van der Waals surface area contributed by atoms with Crippen molar-refractivity contribution in [3.63, 3.8) is 0 Å². The third-order valence-corrected chi connectivity index (χ3v) is 5.04. The first kappa shape index (κ1) is 22.2. The zero-order valence-corrected chi connectivity index (χ0v) is 18.5. The second-order valence-electron chi connectivity index (χ2n) is 7.00. The van der Waals surface area contributed by atoms with Crippen LogP contribution in [0.2, 0.25) is 0 Å². The molecule has 2 rings (SSSR count). The van der Waals surface area contributed by atoms with E-state index in [2.05, 4.69) is 44.2 Å². The summed E-state index contributed by atoms with van der Waals surface area (Å²) < 4.78 is 25.5. The number of halogens is 1. The van der Waals surface area contributed by atoms with Gasteiger partial charge in [-0.15, -0.1) is 24.0 Å². The lowest BCUT2D eigenvalue weighted by Crippen LogP contribution is -2.53. The SMILES string of the molecule is CN=C(NCC(C)(C)NS(C)(=O)=O)N1CCC(c2ccccc2)C1.I. The first-order chi connectivity index (χ1) is 11.2. The Kier molecular flexibility index (Phi) is 8.14. The fourth-order valence-electron chi connectivity index (χ4n) is 3.12. The highest BCUT2D eigenvalue weighted by Crippen LogP contribution is 2.26. The van der Waals surface area contributed by atoms with Crippen LogP contribution in [0.25, 0.3) is 0 Å². The Hall–Kier alpha value is -0.870. The van der Waals surface area contributed by atoms with Crippen LogP contribution in [0.5, 0.6) is 0 Å². The third-order valence-electron chi connectivity index (χ3n) is 4.12. The molecule has 0 aliphatic carbocycles. The summed E-state index contributed by atoms with van der Waals surface area (Å²) in [5.74, 6) is 1.32. The summed E-state index contributed by atoms with van der Waals surface area (Å²) >= 11 is 0. The average molecular weight is 480 g/mol. The molecule has 0 amide bonds. The molecule has 0 saturated carbocycles. The highest BCUT2D eigenvalue weighted by Gasteiger charge is 2.28. The van der Waals surface area contributed by atoms with Crippen LogP contribution in [0.3, 0.4) is 0 Å². The van der Waals surface area contributed by atoms with E-state index >= 15 is 0 Å². The largest absolute Gasteiger partial charge is 0.354 e. The molecule has 1 fully saturated rings. The summed E-state index contributed by atoms with van der Waals surface area (Å²) in [6, 6.07) is 10.5. The van der Waals surface area contributed by atoms with E-state index in [4.69, 9.17) is 0 Å². The highest BCUT2D eigenvalue weighted by molar-refractivity contribution is 14.0. The van der Waals surface area contributed by atoms with Crippen molar-refractivity contribution in [1.29, 1.82) is 0 Å². The fraction of sp³-hybridized carbons (Fsp3) is 0.588. The van der Waals surface area contributed by atoms with Gasteiger partial charge in [-0.05, 0) is 25.8 Å². The van der Waals surface area contributed by atoms with Gasteiger partial charge in [0.05, 0.1) is 6.26 Å². The molecule has 0 aromatic heterocycles. The van der Waals surface area contributed by atoms with E-state index in [0.29, 0.717) is 12.5 Å². The summed E-state index contributed by atoms with van der Waals surface area (Å²) in [6.45, 7) is 6.04. The fourth-order valence-corrected chi connectivity index (χ4v) is 4.20.